The highest BCUT2D eigenvalue weighted by molar-refractivity contribution is 9.10. The quantitative estimate of drug-likeness (QED) is 0.636. The third-order valence-corrected chi connectivity index (χ3v) is 4.98. The molecule has 0 fully saturated rings. The number of methoxy groups -OCH3 is 1. The summed E-state index contributed by atoms with van der Waals surface area (Å²) in [5.74, 6) is 1.07. The maximum Gasteiger partial charge on any atom is 0.294 e. The number of amides is 1. The summed E-state index contributed by atoms with van der Waals surface area (Å²) in [6, 6.07) is 13.4. The van der Waals surface area contributed by atoms with Gasteiger partial charge in [-0.15, -0.1) is 0 Å². The summed E-state index contributed by atoms with van der Waals surface area (Å²) in [6.07, 6.45) is 1.87. The predicted octanol–water partition coefficient (Wildman–Crippen LogP) is 4.80. The van der Waals surface area contributed by atoms with Crippen molar-refractivity contribution in [1.29, 1.82) is 0 Å². The smallest absolute Gasteiger partial charge is 0.294 e. The minimum Gasteiger partial charge on any atom is -0.497 e. The van der Waals surface area contributed by atoms with E-state index >= 15 is 0 Å². The van der Waals surface area contributed by atoms with Gasteiger partial charge in [-0.3, -0.25) is 4.79 Å². The lowest BCUT2D eigenvalue weighted by Gasteiger charge is -2.29. The van der Waals surface area contributed by atoms with E-state index in [0.29, 0.717) is 17.9 Å². The summed E-state index contributed by atoms with van der Waals surface area (Å²) >= 11 is 3.46. The Kier molecular flexibility index (Phi) is 3.81. The van der Waals surface area contributed by atoms with Crippen molar-refractivity contribution in [2.45, 2.75) is 12.8 Å². The van der Waals surface area contributed by atoms with Gasteiger partial charge in [-0.1, -0.05) is 12.1 Å². The molecule has 24 heavy (non-hydrogen) atoms. The number of fused-ring (bicyclic) bond motifs is 2. The molecule has 0 bridgehead atoms. The molecule has 122 valence electrons. The molecule has 0 N–H and O–H groups in total. The first-order valence-electron chi connectivity index (χ1n) is 7.84. The first-order chi connectivity index (χ1) is 11.7. The fourth-order valence-electron chi connectivity index (χ4n) is 3.18. The molecule has 4 rings (SSSR count). The van der Waals surface area contributed by atoms with E-state index in [1.54, 1.807) is 18.1 Å². The zero-order chi connectivity index (χ0) is 16.7. The Labute approximate surface area is 148 Å². The van der Waals surface area contributed by atoms with Crippen LogP contribution in [0.4, 0.5) is 5.69 Å². The van der Waals surface area contributed by atoms with Crippen LogP contribution in [0.2, 0.25) is 0 Å². The molecule has 0 saturated heterocycles. The normalized spacial score (nSPS) is 13.8. The number of hydrogen-bond acceptors (Lipinski definition) is 3. The first kappa shape index (κ1) is 15.3. The van der Waals surface area contributed by atoms with E-state index in [9.17, 15) is 4.79 Å². The summed E-state index contributed by atoms with van der Waals surface area (Å²) in [6.45, 7) is 0.691. The molecule has 4 nitrogen and oxygen atoms in total. The van der Waals surface area contributed by atoms with Gasteiger partial charge in [-0.05, 0) is 64.7 Å². The molecule has 2 aromatic carbocycles. The molecule has 0 radical (unpaired) electrons. The molecule has 3 aromatic rings. The standard InChI is InChI=1S/C19H16BrNO3/c1-23-14-7-8-16-12(10-14)5-3-9-21(16)19(22)17-11-13-4-2-6-15(20)18(13)24-17/h2,4,6-8,10-11H,3,5,9H2,1H3. The lowest BCUT2D eigenvalue weighted by molar-refractivity contribution is 0.0960. The van der Waals surface area contributed by atoms with Crippen molar-refractivity contribution in [2.75, 3.05) is 18.6 Å². The van der Waals surface area contributed by atoms with Crippen LogP contribution < -0.4 is 9.64 Å². The number of halogens is 1. The molecule has 0 unspecified atom stereocenters. The van der Waals surface area contributed by atoms with Gasteiger partial charge < -0.3 is 14.1 Å². The maximum absolute atomic E-state index is 13.0. The van der Waals surface area contributed by atoms with E-state index in [4.69, 9.17) is 9.15 Å². The van der Waals surface area contributed by atoms with Crippen LogP contribution in [-0.2, 0) is 6.42 Å². The number of hydrogen-bond donors (Lipinski definition) is 0. The molecule has 1 amide bonds. The molecule has 0 atom stereocenters. The van der Waals surface area contributed by atoms with Gasteiger partial charge in [-0.25, -0.2) is 0 Å². The lowest BCUT2D eigenvalue weighted by Crippen LogP contribution is -2.35. The monoisotopic (exact) mass is 385 g/mol. The Morgan fingerprint density at radius 2 is 2.12 bits per heavy atom. The Hall–Kier alpha value is -2.27. The van der Waals surface area contributed by atoms with Crippen molar-refractivity contribution >= 4 is 38.5 Å². The maximum atomic E-state index is 13.0. The molecule has 0 saturated carbocycles. The summed E-state index contributed by atoms with van der Waals surface area (Å²) in [5, 5.41) is 0.916. The minimum absolute atomic E-state index is 0.107. The fraction of sp³-hybridized carbons (Fsp3) is 0.211. The Morgan fingerprint density at radius 3 is 2.92 bits per heavy atom. The van der Waals surface area contributed by atoms with Crippen LogP contribution in [0, 0.1) is 0 Å². The van der Waals surface area contributed by atoms with Crippen LogP contribution in [0.15, 0.2) is 51.4 Å². The zero-order valence-electron chi connectivity index (χ0n) is 13.2. The number of furan rings is 1. The Balaban J connectivity index is 1.73. The molecule has 1 aliphatic heterocycles. The van der Waals surface area contributed by atoms with Crippen molar-refractivity contribution in [2.24, 2.45) is 0 Å². The average Bonchev–Trinajstić information content (AvgIpc) is 3.06. The zero-order valence-corrected chi connectivity index (χ0v) is 14.8. The van der Waals surface area contributed by atoms with Gasteiger partial charge in [0.2, 0.25) is 0 Å². The van der Waals surface area contributed by atoms with Crippen molar-refractivity contribution in [1.82, 2.24) is 0 Å². The number of aryl methyl sites for hydroxylation is 1. The predicted molar refractivity (Wildman–Crippen MR) is 96.9 cm³/mol. The number of nitrogens with zero attached hydrogens (tertiary/aromatic N) is 1. The highest BCUT2D eigenvalue weighted by Gasteiger charge is 2.26. The number of ether oxygens (including phenoxy) is 1. The second-order valence-electron chi connectivity index (χ2n) is 5.82. The van der Waals surface area contributed by atoms with E-state index in [-0.39, 0.29) is 5.91 Å². The number of rotatable bonds is 2. The van der Waals surface area contributed by atoms with Crippen LogP contribution in [0.5, 0.6) is 5.75 Å². The third-order valence-electron chi connectivity index (χ3n) is 4.36. The third kappa shape index (κ3) is 2.49. The average molecular weight is 386 g/mol. The van der Waals surface area contributed by atoms with Gasteiger partial charge in [-0.2, -0.15) is 0 Å². The minimum atomic E-state index is -0.107. The summed E-state index contributed by atoms with van der Waals surface area (Å²) in [7, 11) is 1.65. The van der Waals surface area contributed by atoms with Crippen LogP contribution >= 0.6 is 15.9 Å². The van der Waals surface area contributed by atoms with Crippen LogP contribution in [0.25, 0.3) is 11.0 Å². The SMILES string of the molecule is COc1ccc2c(c1)CCCN2C(=O)c1cc2cccc(Br)c2o1. The summed E-state index contributed by atoms with van der Waals surface area (Å²) in [5.41, 5.74) is 2.77. The number of para-hydroxylation sites is 1. The Morgan fingerprint density at radius 1 is 1.25 bits per heavy atom. The highest BCUT2D eigenvalue weighted by atomic mass is 79.9. The van der Waals surface area contributed by atoms with Crippen molar-refractivity contribution in [3.05, 3.63) is 58.3 Å². The largest absolute Gasteiger partial charge is 0.497 e. The van der Waals surface area contributed by atoms with Crippen LogP contribution in [0.1, 0.15) is 22.5 Å². The number of carbonyl (C=O) groups excluding carboxylic acids is 1. The van der Waals surface area contributed by atoms with Crippen molar-refractivity contribution < 1.29 is 13.9 Å². The van der Waals surface area contributed by atoms with Gasteiger partial charge in [0.1, 0.15) is 11.3 Å². The van der Waals surface area contributed by atoms with Gasteiger partial charge in [0.15, 0.2) is 5.76 Å². The van der Waals surface area contributed by atoms with Crippen molar-refractivity contribution in [3.63, 3.8) is 0 Å². The topological polar surface area (TPSA) is 42.7 Å². The lowest BCUT2D eigenvalue weighted by atomic mass is 10.0. The van der Waals surface area contributed by atoms with E-state index in [0.717, 1.165) is 39.7 Å². The van der Waals surface area contributed by atoms with Gasteiger partial charge >= 0.3 is 0 Å². The molecule has 1 aromatic heterocycles. The molecule has 2 heterocycles. The molecule has 1 aliphatic rings. The number of benzene rings is 2. The summed E-state index contributed by atoms with van der Waals surface area (Å²) < 4.78 is 11.9. The van der Waals surface area contributed by atoms with Gasteiger partial charge in [0.05, 0.1) is 11.6 Å². The molecule has 5 heteroatoms. The molecule has 0 spiro atoms. The number of carbonyl (C=O) groups is 1. The highest BCUT2D eigenvalue weighted by Crippen LogP contribution is 2.33. The van der Waals surface area contributed by atoms with E-state index in [1.807, 2.05) is 36.4 Å². The van der Waals surface area contributed by atoms with Gasteiger partial charge in [0.25, 0.3) is 5.91 Å². The Bertz CT molecular complexity index is 932. The second kappa shape index (κ2) is 5.98. The fourth-order valence-corrected chi connectivity index (χ4v) is 3.64. The second-order valence-corrected chi connectivity index (χ2v) is 6.68. The summed E-state index contributed by atoms with van der Waals surface area (Å²) in [4.78, 5) is 14.8. The molecular formula is C19H16BrNO3. The first-order valence-corrected chi connectivity index (χ1v) is 8.63. The number of anilines is 1. The van der Waals surface area contributed by atoms with Crippen LogP contribution in [-0.4, -0.2) is 19.6 Å². The van der Waals surface area contributed by atoms with Crippen LogP contribution in [0.3, 0.4) is 0 Å². The molecule has 0 aliphatic carbocycles. The van der Waals surface area contributed by atoms with E-state index in [2.05, 4.69) is 15.9 Å². The van der Waals surface area contributed by atoms with E-state index < -0.39 is 0 Å². The molecular weight excluding hydrogens is 370 g/mol. The van der Waals surface area contributed by atoms with Gasteiger partial charge in [0, 0.05) is 17.6 Å². The van der Waals surface area contributed by atoms with Crippen molar-refractivity contribution in [3.8, 4) is 5.75 Å². The van der Waals surface area contributed by atoms with E-state index in [1.165, 1.54) is 0 Å².